The van der Waals surface area contributed by atoms with Crippen LogP contribution in [0.15, 0.2) is 24.3 Å². The topological polar surface area (TPSA) is 126 Å². The van der Waals surface area contributed by atoms with Crippen LogP contribution < -0.4 is 21.3 Å². The Kier molecular flexibility index (Phi) is 12.6. The molecule has 0 saturated carbocycles. The van der Waals surface area contributed by atoms with Gasteiger partial charge in [0.1, 0.15) is 18.7 Å². The van der Waals surface area contributed by atoms with E-state index in [1.807, 2.05) is 20.8 Å². The molecule has 1 rings (SSSR count). The van der Waals surface area contributed by atoms with Crippen LogP contribution in [0.2, 0.25) is 0 Å². The van der Waals surface area contributed by atoms with Crippen molar-refractivity contribution in [1.82, 2.24) is 16.0 Å². The number of carbonyl (C=O) groups excluding carboxylic acids is 4. The van der Waals surface area contributed by atoms with E-state index in [9.17, 15) is 19.2 Å². The lowest BCUT2D eigenvalue weighted by Crippen LogP contribution is -2.54. The molecule has 1 aromatic rings. The molecule has 0 radical (unpaired) electrons. The van der Waals surface area contributed by atoms with E-state index in [2.05, 4.69) is 21.3 Å². The van der Waals surface area contributed by atoms with Crippen LogP contribution in [-0.2, 0) is 25.7 Å². The second-order valence-electron chi connectivity index (χ2n) is 8.15. The molecule has 4 N–H and O–H groups in total. The van der Waals surface area contributed by atoms with Crippen molar-refractivity contribution in [3.63, 3.8) is 0 Å². The molecule has 0 aromatic heterocycles. The zero-order valence-corrected chi connectivity index (χ0v) is 20.3. The summed E-state index contributed by atoms with van der Waals surface area (Å²) in [5, 5.41) is 10.9. The van der Waals surface area contributed by atoms with Crippen molar-refractivity contribution < 1.29 is 29.6 Å². The number of hydrogen-bond acceptors (Lipinski definition) is 5. The third kappa shape index (κ3) is 10.4. The highest BCUT2D eigenvalue weighted by atomic mass is 16.5. The summed E-state index contributed by atoms with van der Waals surface area (Å²) in [5.41, 5.74) is 1.33. The summed E-state index contributed by atoms with van der Waals surface area (Å²) < 4.78 is 5.06. The Morgan fingerprint density at radius 2 is 1.64 bits per heavy atom. The first-order chi connectivity index (χ1) is 15.7. The van der Waals surface area contributed by atoms with Gasteiger partial charge in [-0.2, -0.15) is 0 Å². The molecule has 1 aromatic carbocycles. The van der Waals surface area contributed by atoms with E-state index < -0.39 is 18.2 Å². The number of alkyl carbamates (subject to hydrolysis) is 1. The predicted octanol–water partition coefficient (Wildman–Crippen LogP) is 4.08. The van der Waals surface area contributed by atoms with Crippen LogP contribution in [0.3, 0.4) is 0 Å². The predicted molar refractivity (Wildman–Crippen MR) is 136 cm³/mol. The van der Waals surface area contributed by atoms with Gasteiger partial charge in [0, 0.05) is 24.4 Å². The van der Waals surface area contributed by atoms with E-state index in [1.165, 1.54) is 0 Å². The Balaban J connectivity index is -0.00000136. The molecule has 33 heavy (non-hydrogen) atoms. The first-order valence-electron chi connectivity index (χ1n) is 11.6. The van der Waals surface area contributed by atoms with Crippen molar-refractivity contribution in [3.05, 3.63) is 29.8 Å². The fraction of sp³-hybridized carbons (Fsp3) is 0.583. The average molecular weight is 471 g/mol. The van der Waals surface area contributed by atoms with Crippen molar-refractivity contribution in [2.75, 3.05) is 11.9 Å². The number of rotatable bonds is 13. The summed E-state index contributed by atoms with van der Waals surface area (Å²) in [6.45, 7) is 9.91. The molecule has 0 aliphatic heterocycles. The van der Waals surface area contributed by atoms with Crippen molar-refractivity contribution in [3.8, 4) is 0 Å². The second-order valence-corrected chi connectivity index (χ2v) is 8.15. The maximum absolute atomic E-state index is 12.8. The Morgan fingerprint density at radius 1 is 0.970 bits per heavy atom. The van der Waals surface area contributed by atoms with Gasteiger partial charge in [0.05, 0.1) is 0 Å². The largest absolute Gasteiger partial charge is 0.445 e. The minimum atomic E-state index is -0.743. The molecule has 0 unspecified atom stereocenters. The molecule has 0 bridgehead atoms. The van der Waals surface area contributed by atoms with Gasteiger partial charge in [-0.3, -0.25) is 14.4 Å². The zero-order valence-electron chi connectivity index (χ0n) is 20.3. The van der Waals surface area contributed by atoms with Gasteiger partial charge in [-0.25, -0.2) is 4.79 Å². The first kappa shape index (κ1) is 27.9. The average Bonchev–Trinajstić information content (AvgIpc) is 2.78. The smallest absolute Gasteiger partial charge is 0.407 e. The zero-order chi connectivity index (χ0) is 24.8. The van der Waals surface area contributed by atoms with Crippen molar-refractivity contribution in [1.29, 1.82) is 0 Å². The number of carbonyl (C=O) groups is 4. The van der Waals surface area contributed by atoms with E-state index in [0.717, 1.165) is 18.4 Å². The lowest BCUT2D eigenvalue weighted by Gasteiger charge is -2.25. The molecule has 2 atom stereocenters. The molecule has 192 valence electrons. The molecule has 0 aliphatic carbocycles. The van der Waals surface area contributed by atoms with Gasteiger partial charge in [0.15, 0.2) is 0 Å². The first-order valence-corrected chi connectivity index (χ1v) is 11.6. The van der Waals surface area contributed by atoms with Crippen LogP contribution in [0, 0.1) is 5.92 Å². The number of anilines is 1. The Morgan fingerprint density at radius 3 is 2.18 bits per heavy atom. The molecular formula is C24H46N4O5. The Bertz CT molecular complexity index is 798. The Hall–Kier alpha value is -3.10. The summed E-state index contributed by atoms with van der Waals surface area (Å²) >= 11 is 0. The molecule has 0 spiro atoms. The van der Waals surface area contributed by atoms with Crippen LogP contribution in [0.1, 0.15) is 71.6 Å². The number of benzene rings is 1. The lowest BCUT2D eigenvalue weighted by molar-refractivity contribution is -0.132. The molecule has 0 saturated heterocycles. The highest BCUT2D eigenvalue weighted by Crippen LogP contribution is 2.12. The minimum absolute atomic E-state index is 0. The summed E-state index contributed by atoms with van der Waals surface area (Å²) in [7, 11) is 0. The summed E-state index contributed by atoms with van der Waals surface area (Å²) in [4.78, 5) is 49.0. The molecule has 9 heteroatoms. The summed E-state index contributed by atoms with van der Waals surface area (Å²) in [5.74, 6) is -1.02. The fourth-order valence-electron chi connectivity index (χ4n) is 2.99. The summed E-state index contributed by atoms with van der Waals surface area (Å²) in [6.07, 6.45) is 1.93. The van der Waals surface area contributed by atoms with Crippen LogP contribution in [0.5, 0.6) is 0 Å². The van der Waals surface area contributed by atoms with Crippen LogP contribution in [0.25, 0.3) is 0 Å². The number of nitrogens with one attached hydrogen (secondary N) is 4. The highest BCUT2D eigenvalue weighted by molar-refractivity contribution is 5.98. The monoisotopic (exact) mass is 470 g/mol. The summed E-state index contributed by atoms with van der Waals surface area (Å²) in [6, 6.07) is 5.44. The van der Waals surface area contributed by atoms with Gasteiger partial charge in [-0.05, 0) is 43.4 Å². The number of hydrogen-bond donors (Lipinski definition) is 4. The van der Waals surface area contributed by atoms with Gasteiger partial charge in [0.25, 0.3) is 0 Å². The SMILES string of the molecule is CCCCC(=O)N[C@H](C(=O)N[C@@H](CC)C(=O)Nc1ccc(COC(=O)NCC)cc1)C(C)C.[HH].[HH].[HH].[HH]. The van der Waals surface area contributed by atoms with E-state index in [0.29, 0.717) is 25.1 Å². The van der Waals surface area contributed by atoms with Crippen LogP contribution in [-0.4, -0.2) is 42.4 Å². The Labute approximate surface area is 202 Å². The van der Waals surface area contributed by atoms with Gasteiger partial charge >= 0.3 is 6.09 Å². The van der Waals surface area contributed by atoms with Crippen LogP contribution >= 0.6 is 0 Å². The third-order valence-corrected chi connectivity index (χ3v) is 4.98. The van der Waals surface area contributed by atoms with Gasteiger partial charge in [0.2, 0.25) is 17.7 Å². The van der Waals surface area contributed by atoms with E-state index in [4.69, 9.17) is 4.74 Å². The second kappa shape index (κ2) is 14.9. The van der Waals surface area contributed by atoms with Crippen molar-refractivity contribution in [2.24, 2.45) is 5.92 Å². The number of unbranched alkanes of at least 4 members (excludes halogenated alkanes) is 1. The van der Waals surface area contributed by atoms with Crippen molar-refractivity contribution in [2.45, 2.75) is 79.0 Å². The molecule has 0 aliphatic rings. The van der Waals surface area contributed by atoms with Gasteiger partial charge in [-0.15, -0.1) is 0 Å². The van der Waals surface area contributed by atoms with Crippen LogP contribution in [0.4, 0.5) is 10.5 Å². The maximum Gasteiger partial charge on any atom is 0.407 e. The normalized spacial score (nSPS) is 12.4. The molecule has 4 amide bonds. The molecular weight excluding hydrogens is 424 g/mol. The quantitative estimate of drug-likeness (QED) is 0.346. The van der Waals surface area contributed by atoms with Gasteiger partial charge < -0.3 is 26.0 Å². The molecule has 0 fully saturated rings. The number of ether oxygens (including phenoxy) is 1. The number of amides is 4. The van der Waals surface area contributed by atoms with E-state index in [1.54, 1.807) is 38.1 Å². The standard InChI is InChI=1S/C24H38N4O5.4H2/c1-6-9-10-20(29)28-21(16(4)5)23(31)27-19(7-2)22(30)26-18-13-11-17(12-14-18)15-33-24(32)25-8-3;;;;/h11-14,16,19,21H,6-10,15H2,1-5H3,(H,25,32)(H,26,30)(H,27,31)(H,28,29);4*1H/t19-,21-;;;;/m0..../s1. The lowest BCUT2D eigenvalue weighted by atomic mass is 10.0. The molecule has 0 heterocycles. The van der Waals surface area contributed by atoms with Crippen molar-refractivity contribution >= 4 is 29.5 Å². The minimum Gasteiger partial charge on any atom is -0.445 e. The highest BCUT2D eigenvalue weighted by Gasteiger charge is 2.28. The third-order valence-electron chi connectivity index (χ3n) is 4.98. The molecule has 9 nitrogen and oxygen atoms in total. The fourth-order valence-corrected chi connectivity index (χ4v) is 2.99. The van der Waals surface area contributed by atoms with Gasteiger partial charge in [-0.1, -0.05) is 46.2 Å². The maximum atomic E-state index is 12.8. The van der Waals surface area contributed by atoms with E-state index in [-0.39, 0.29) is 36.0 Å². The van der Waals surface area contributed by atoms with E-state index >= 15 is 0 Å².